The molecule has 0 aliphatic rings. The van der Waals surface area contributed by atoms with Gasteiger partial charge in [0.1, 0.15) is 16.3 Å². The van der Waals surface area contributed by atoms with E-state index in [9.17, 15) is 9.59 Å². The van der Waals surface area contributed by atoms with Crippen molar-refractivity contribution in [3.63, 3.8) is 0 Å². The zero-order valence-corrected chi connectivity index (χ0v) is 17.7. The van der Waals surface area contributed by atoms with Gasteiger partial charge < -0.3 is 14.8 Å². The lowest BCUT2D eigenvalue weighted by molar-refractivity contribution is -0.116. The standard InChI is InChI=1S/C23H21N3O4S/c1-2-29-16-7-9-17(10-8-16)30-20-6-4-3-5-19(20)25-21(27)11-13-26-15-24-22-18(23(26)28)12-14-31-22/h3-10,12,14-15H,2,11,13H2,1H3,(H,25,27). The van der Waals surface area contributed by atoms with Gasteiger partial charge in [-0.2, -0.15) is 0 Å². The van der Waals surface area contributed by atoms with Crippen molar-refractivity contribution in [2.24, 2.45) is 0 Å². The Morgan fingerprint density at radius 1 is 1.10 bits per heavy atom. The fourth-order valence-electron chi connectivity index (χ4n) is 3.04. The number of carbonyl (C=O) groups excluding carboxylic acids is 1. The van der Waals surface area contributed by atoms with Crippen molar-refractivity contribution in [2.45, 2.75) is 19.9 Å². The molecular formula is C23H21N3O4S. The average Bonchev–Trinajstić information content (AvgIpc) is 3.26. The molecule has 0 saturated carbocycles. The molecule has 158 valence electrons. The van der Waals surface area contributed by atoms with Gasteiger partial charge in [-0.15, -0.1) is 11.3 Å². The molecule has 8 heteroatoms. The monoisotopic (exact) mass is 435 g/mol. The van der Waals surface area contributed by atoms with Crippen LogP contribution in [0.2, 0.25) is 0 Å². The van der Waals surface area contributed by atoms with Crippen LogP contribution in [0.3, 0.4) is 0 Å². The van der Waals surface area contributed by atoms with Crippen LogP contribution in [0.15, 0.2) is 71.1 Å². The maximum absolute atomic E-state index is 12.5. The third kappa shape index (κ3) is 4.92. The molecular weight excluding hydrogens is 414 g/mol. The van der Waals surface area contributed by atoms with Gasteiger partial charge in [-0.1, -0.05) is 12.1 Å². The molecule has 0 radical (unpaired) electrons. The lowest BCUT2D eigenvalue weighted by Crippen LogP contribution is -2.23. The predicted octanol–water partition coefficient (Wildman–Crippen LogP) is 4.68. The summed E-state index contributed by atoms with van der Waals surface area (Å²) in [5, 5.41) is 5.26. The summed E-state index contributed by atoms with van der Waals surface area (Å²) < 4.78 is 12.8. The highest BCUT2D eigenvalue weighted by molar-refractivity contribution is 7.16. The van der Waals surface area contributed by atoms with Gasteiger partial charge >= 0.3 is 0 Å². The van der Waals surface area contributed by atoms with Crippen molar-refractivity contribution in [1.29, 1.82) is 0 Å². The Kier molecular flexibility index (Phi) is 6.28. The number of aryl methyl sites for hydroxylation is 1. The Morgan fingerprint density at radius 3 is 2.68 bits per heavy atom. The van der Waals surface area contributed by atoms with E-state index in [1.807, 2.05) is 48.7 Å². The number of hydrogen-bond donors (Lipinski definition) is 1. The quantitative estimate of drug-likeness (QED) is 0.435. The number of amides is 1. The maximum Gasteiger partial charge on any atom is 0.262 e. The molecule has 0 atom stereocenters. The number of benzene rings is 2. The van der Waals surface area contributed by atoms with Gasteiger partial charge in [-0.25, -0.2) is 4.98 Å². The minimum atomic E-state index is -0.222. The van der Waals surface area contributed by atoms with Crippen LogP contribution in [0.4, 0.5) is 5.69 Å². The van der Waals surface area contributed by atoms with Crippen molar-refractivity contribution < 1.29 is 14.3 Å². The van der Waals surface area contributed by atoms with E-state index in [0.29, 0.717) is 34.0 Å². The Morgan fingerprint density at radius 2 is 1.87 bits per heavy atom. The number of hydrogen-bond acceptors (Lipinski definition) is 6. The molecule has 2 aromatic carbocycles. The van der Waals surface area contributed by atoms with Crippen molar-refractivity contribution in [2.75, 3.05) is 11.9 Å². The summed E-state index contributed by atoms with van der Waals surface area (Å²) in [5.74, 6) is 1.70. The average molecular weight is 436 g/mol. The minimum absolute atomic E-state index is 0.134. The third-order valence-electron chi connectivity index (χ3n) is 4.55. The number of thiophene rings is 1. The predicted molar refractivity (Wildman–Crippen MR) is 121 cm³/mol. The highest BCUT2D eigenvalue weighted by Gasteiger charge is 2.11. The van der Waals surface area contributed by atoms with Gasteiger partial charge in [-0.05, 0) is 54.8 Å². The second kappa shape index (κ2) is 9.44. The molecule has 1 N–H and O–H groups in total. The molecule has 0 unspecified atom stereocenters. The molecule has 2 heterocycles. The van der Waals surface area contributed by atoms with Gasteiger partial charge in [0.15, 0.2) is 5.75 Å². The molecule has 0 aliphatic heterocycles. The summed E-state index contributed by atoms with van der Waals surface area (Å²) >= 11 is 1.42. The number of nitrogens with zero attached hydrogens (tertiary/aromatic N) is 2. The summed E-state index contributed by atoms with van der Waals surface area (Å²) in [5.41, 5.74) is 0.415. The fraction of sp³-hybridized carbons (Fsp3) is 0.174. The van der Waals surface area contributed by atoms with Gasteiger partial charge in [0.25, 0.3) is 5.56 Å². The Labute approximate surface area is 182 Å². The van der Waals surface area contributed by atoms with Crippen molar-refractivity contribution in [3.8, 4) is 17.2 Å². The zero-order chi connectivity index (χ0) is 21.6. The van der Waals surface area contributed by atoms with Crippen LogP contribution in [0.1, 0.15) is 13.3 Å². The van der Waals surface area contributed by atoms with Crippen molar-refractivity contribution >= 4 is 33.1 Å². The SMILES string of the molecule is CCOc1ccc(Oc2ccccc2NC(=O)CCn2cnc3sccc3c2=O)cc1. The van der Waals surface area contributed by atoms with E-state index in [0.717, 1.165) is 5.75 Å². The Bertz CT molecular complexity index is 1250. The van der Waals surface area contributed by atoms with E-state index in [1.54, 1.807) is 18.2 Å². The number of para-hydroxylation sites is 2. The number of ether oxygens (including phenoxy) is 2. The first-order chi connectivity index (χ1) is 15.1. The van der Waals surface area contributed by atoms with Crippen LogP contribution in [-0.2, 0) is 11.3 Å². The summed E-state index contributed by atoms with van der Waals surface area (Å²) in [4.78, 5) is 29.9. The van der Waals surface area contributed by atoms with E-state index < -0.39 is 0 Å². The second-order valence-electron chi connectivity index (χ2n) is 6.68. The number of fused-ring (bicyclic) bond motifs is 1. The van der Waals surface area contributed by atoms with Gasteiger partial charge in [0.2, 0.25) is 5.91 Å². The first kappa shape index (κ1) is 20.6. The van der Waals surface area contributed by atoms with Crippen LogP contribution in [-0.4, -0.2) is 22.1 Å². The largest absolute Gasteiger partial charge is 0.494 e. The molecule has 0 aliphatic carbocycles. The highest BCUT2D eigenvalue weighted by Crippen LogP contribution is 2.30. The lowest BCUT2D eigenvalue weighted by atomic mass is 10.2. The van der Waals surface area contributed by atoms with E-state index >= 15 is 0 Å². The number of carbonyl (C=O) groups is 1. The van der Waals surface area contributed by atoms with E-state index in [4.69, 9.17) is 9.47 Å². The number of nitrogens with one attached hydrogen (secondary N) is 1. The molecule has 4 aromatic rings. The van der Waals surface area contributed by atoms with Crippen LogP contribution >= 0.6 is 11.3 Å². The van der Waals surface area contributed by atoms with E-state index in [1.165, 1.54) is 22.2 Å². The molecule has 0 saturated heterocycles. The summed E-state index contributed by atoms with van der Waals surface area (Å²) in [6, 6.07) is 16.2. The molecule has 0 fully saturated rings. The number of aromatic nitrogens is 2. The van der Waals surface area contributed by atoms with Crippen LogP contribution in [0.25, 0.3) is 10.2 Å². The summed E-state index contributed by atoms with van der Waals surface area (Å²) in [6.07, 6.45) is 1.62. The van der Waals surface area contributed by atoms with E-state index in [-0.39, 0.29) is 24.4 Å². The maximum atomic E-state index is 12.5. The molecule has 2 aromatic heterocycles. The highest BCUT2D eigenvalue weighted by atomic mass is 32.1. The van der Waals surface area contributed by atoms with Gasteiger partial charge in [-0.3, -0.25) is 14.2 Å². The first-order valence-corrected chi connectivity index (χ1v) is 10.7. The van der Waals surface area contributed by atoms with Gasteiger partial charge in [0.05, 0.1) is 24.0 Å². The topological polar surface area (TPSA) is 82.4 Å². The molecule has 0 bridgehead atoms. The minimum Gasteiger partial charge on any atom is -0.494 e. The second-order valence-corrected chi connectivity index (χ2v) is 7.58. The molecule has 31 heavy (non-hydrogen) atoms. The Hall–Kier alpha value is -3.65. The van der Waals surface area contributed by atoms with Crippen LogP contribution < -0.4 is 20.3 Å². The molecule has 7 nitrogen and oxygen atoms in total. The smallest absolute Gasteiger partial charge is 0.262 e. The first-order valence-electron chi connectivity index (χ1n) is 9.86. The third-order valence-corrected chi connectivity index (χ3v) is 5.37. The fourth-order valence-corrected chi connectivity index (χ4v) is 3.77. The molecule has 1 amide bonds. The lowest BCUT2D eigenvalue weighted by Gasteiger charge is -2.13. The number of anilines is 1. The van der Waals surface area contributed by atoms with Crippen molar-refractivity contribution in [1.82, 2.24) is 9.55 Å². The van der Waals surface area contributed by atoms with Crippen LogP contribution in [0.5, 0.6) is 17.2 Å². The molecule has 4 rings (SSSR count). The van der Waals surface area contributed by atoms with E-state index in [2.05, 4.69) is 10.3 Å². The van der Waals surface area contributed by atoms with Gasteiger partial charge in [0, 0.05) is 13.0 Å². The summed E-state index contributed by atoms with van der Waals surface area (Å²) in [6.45, 7) is 2.76. The normalized spacial score (nSPS) is 10.7. The number of rotatable bonds is 8. The van der Waals surface area contributed by atoms with Crippen molar-refractivity contribution in [3.05, 3.63) is 76.7 Å². The molecule has 0 spiro atoms. The zero-order valence-electron chi connectivity index (χ0n) is 16.9. The Balaban J connectivity index is 1.41. The summed E-state index contributed by atoms with van der Waals surface area (Å²) in [7, 11) is 0. The van der Waals surface area contributed by atoms with Crippen LogP contribution in [0, 0.1) is 0 Å².